The van der Waals surface area contributed by atoms with Gasteiger partial charge in [-0.15, -0.1) is 10.2 Å². The summed E-state index contributed by atoms with van der Waals surface area (Å²) in [6, 6.07) is 16.2. The Bertz CT molecular complexity index is 1570. The molecule has 9 nitrogen and oxygen atoms in total. The van der Waals surface area contributed by atoms with Gasteiger partial charge in [0.2, 0.25) is 5.91 Å². The first-order valence-corrected chi connectivity index (χ1v) is 14.0. The van der Waals surface area contributed by atoms with Crippen LogP contribution in [0.15, 0.2) is 65.8 Å². The van der Waals surface area contributed by atoms with Crippen molar-refractivity contribution in [1.82, 2.24) is 20.1 Å². The zero-order valence-electron chi connectivity index (χ0n) is 22.5. The van der Waals surface area contributed by atoms with Crippen LogP contribution in [0.25, 0.3) is 5.69 Å². The van der Waals surface area contributed by atoms with Gasteiger partial charge < -0.3 is 15.4 Å². The summed E-state index contributed by atoms with van der Waals surface area (Å²) in [5.74, 6) is -1.75. The van der Waals surface area contributed by atoms with Gasteiger partial charge in [0.05, 0.1) is 40.7 Å². The van der Waals surface area contributed by atoms with Crippen LogP contribution in [0.2, 0.25) is 5.02 Å². The number of amides is 2. The van der Waals surface area contributed by atoms with Crippen LogP contribution in [0, 0.1) is 19.7 Å². The largest absolute Gasteiger partial charge is 0.462 e. The number of hydrogen-bond donors (Lipinski definition) is 2. The lowest BCUT2D eigenvalue weighted by Crippen LogP contribution is -2.26. The van der Waals surface area contributed by atoms with Crippen LogP contribution in [-0.4, -0.2) is 44.9 Å². The number of rotatable bonds is 10. The predicted octanol–water partition coefficient (Wildman–Crippen LogP) is 5.51. The van der Waals surface area contributed by atoms with Crippen molar-refractivity contribution >= 4 is 46.8 Å². The van der Waals surface area contributed by atoms with E-state index < -0.39 is 17.7 Å². The van der Waals surface area contributed by atoms with Gasteiger partial charge in [0.1, 0.15) is 5.82 Å². The molecule has 0 spiro atoms. The highest BCUT2D eigenvalue weighted by atomic mass is 35.5. The van der Waals surface area contributed by atoms with E-state index in [0.29, 0.717) is 22.2 Å². The molecule has 0 fully saturated rings. The third kappa shape index (κ3) is 7.11. The standard InChI is InChI=1S/C29H27ClFN5O4S/c1-4-40-28(39)19-11-13-20(14-12-19)33-25(37)16-41-29-35-34-24(36(29)23-10-5-7-17(2)18(23)3)15-32-27(38)26-21(30)8-6-9-22(26)31/h5-14H,4,15-16H2,1-3H3,(H,32,38)(H,33,37). The second-order valence-electron chi connectivity index (χ2n) is 8.87. The Labute approximate surface area is 245 Å². The highest BCUT2D eigenvalue weighted by Crippen LogP contribution is 2.26. The molecule has 0 bridgehead atoms. The van der Waals surface area contributed by atoms with E-state index in [4.69, 9.17) is 16.3 Å². The van der Waals surface area contributed by atoms with Crippen molar-refractivity contribution in [1.29, 1.82) is 0 Å². The van der Waals surface area contributed by atoms with Crippen molar-refractivity contribution in [3.05, 3.63) is 99.6 Å². The van der Waals surface area contributed by atoms with E-state index in [1.165, 1.54) is 12.1 Å². The Kier molecular flexibility index (Phi) is 9.74. The summed E-state index contributed by atoms with van der Waals surface area (Å²) in [7, 11) is 0. The summed E-state index contributed by atoms with van der Waals surface area (Å²) in [4.78, 5) is 37.3. The Balaban J connectivity index is 1.51. The van der Waals surface area contributed by atoms with Crippen molar-refractivity contribution in [2.24, 2.45) is 0 Å². The zero-order chi connectivity index (χ0) is 29.5. The van der Waals surface area contributed by atoms with Gasteiger partial charge in [0, 0.05) is 5.69 Å². The normalized spacial score (nSPS) is 10.8. The lowest BCUT2D eigenvalue weighted by Gasteiger charge is -2.15. The lowest BCUT2D eigenvalue weighted by atomic mass is 10.1. The first-order valence-electron chi connectivity index (χ1n) is 12.6. The van der Waals surface area contributed by atoms with E-state index in [2.05, 4.69) is 20.8 Å². The fourth-order valence-corrected chi connectivity index (χ4v) is 4.93. The van der Waals surface area contributed by atoms with Gasteiger partial charge in [-0.3, -0.25) is 14.2 Å². The number of halogens is 2. The van der Waals surface area contributed by atoms with E-state index in [1.54, 1.807) is 35.8 Å². The van der Waals surface area contributed by atoms with Crippen LogP contribution >= 0.6 is 23.4 Å². The molecule has 0 unspecified atom stereocenters. The molecule has 0 atom stereocenters. The molecule has 0 saturated carbocycles. The number of carbonyl (C=O) groups is 3. The molecule has 0 aliphatic carbocycles. The zero-order valence-corrected chi connectivity index (χ0v) is 24.1. The van der Waals surface area contributed by atoms with Crippen LogP contribution in [0.5, 0.6) is 0 Å². The lowest BCUT2D eigenvalue weighted by molar-refractivity contribution is -0.113. The first-order chi connectivity index (χ1) is 19.7. The monoisotopic (exact) mass is 595 g/mol. The topological polar surface area (TPSA) is 115 Å². The molecule has 4 rings (SSSR count). The number of carbonyl (C=O) groups excluding carboxylic acids is 3. The summed E-state index contributed by atoms with van der Waals surface area (Å²) >= 11 is 7.21. The molecule has 2 N–H and O–H groups in total. The summed E-state index contributed by atoms with van der Waals surface area (Å²) in [5, 5.41) is 14.4. The van der Waals surface area contributed by atoms with Crippen molar-refractivity contribution in [3.63, 3.8) is 0 Å². The maximum Gasteiger partial charge on any atom is 0.338 e. The summed E-state index contributed by atoms with van der Waals surface area (Å²) in [5.41, 5.74) is 3.43. The number of nitrogens with zero attached hydrogens (tertiary/aromatic N) is 3. The predicted molar refractivity (Wildman–Crippen MR) is 155 cm³/mol. The van der Waals surface area contributed by atoms with Gasteiger partial charge in [-0.05, 0) is 74.4 Å². The SMILES string of the molecule is CCOC(=O)c1ccc(NC(=O)CSc2nnc(CNC(=O)c3c(F)cccc3Cl)n2-c2cccc(C)c2C)cc1. The van der Waals surface area contributed by atoms with Crippen molar-refractivity contribution in [2.45, 2.75) is 32.5 Å². The average molecular weight is 596 g/mol. The van der Waals surface area contributed by atoms with Crippen LogP contribution in [0.4, 0.5) is 10.1 Å². The van der Waals surface area contributed by atoms with Crippen LogP contribution < -0.4 is 10.6 Å². The minimum absolute atomic E-state index is 0.00344. The second kappa shape index (κ2) is 13.4. The molecular formula is C29H27ClFN5O4S. The Morgan fingerprint density at radius 1 is 1.02 bits per heavy atom. The quantitative estimate of drug-likeness (QED) is 0.183. The van der Waals surface area contributed by atoms with E-state index in [0.717, 1.165) is 34.6 Å². The minimum Gasteiger partial charge on any atom is -0.462 e. The number of ether oxygens (including phenoxy) is 1. The molecule has 2 amide bonds. The van der Waals surface area contributed by atoms with Crippen molar-refractivity contribution in [2.75, 3.05) is 17.7 Å². The summed E-state index contributed by atoms with van der Waals surface area (Å²) in [6.45, 7) is 5.86. The van der Waals surface area contributed by atoms with Gasteiger partial charge in [-0.25, -0.2) is 9.18 Å². The molecule has 0 radical (unpaired) electrons. The molecule has 3 aromatic carbocycles. The molecule has 0 saturated heterocycles. The van der Waals surface area contributed by atoms with Crippen LogP contribution in [-0.2, 0) is 16.1 Å². The van der Waals surface area contributed by atoms with Crippen LogP contribution in [0.1, 0.15) is 44.6 Å². The number of thioether (sulfide) groups is 1. The highest BCUT2D eigenvalue weighted by molar-refractivity contribution is 7.99. The maximum absolute atomic E-state index is 14.3. The number of benzene rings is 3. The Morgan fingerprint density at radius 3 is 2.46 bits per heavy atom. The number of aryl methyl sites for hydroxylation is 1. The van der Waals surface area contributed by atoms with Crippen molar-refractivity contribution in [3.8, 4) is 5.69 Å². The van der Waals surface area contributed by atoms with Crippen LogP contribution in [0.3, 0.4) is 0 Å². The number of hydrogen-bond acceptors (Lipinski definition) is 7. The molecule has 12 heteroatoms. The fraction of sp³-hybridized carbons (Fsp3) is 0.207. The number of nitrogens with one attached hydrogen (secondary N) is 2. The third-order valence-electron chi connectivity index (χ3n) is 6.13. The Morgan fingerprint density at radius 2 is 1.76 bits per heavy atom. The molecule has 1 heterocycles. The van der Waals surface area contributed by atoms with Gasteiger partial charge in [-0.2, -0.15) is 0 Å². The molecule has 4 aromatic rings. The Hall–Kier alpha value is -4.22. The van der Waals surface area contributed by atoms with E-state index in [1.807, 2.05) is 32.0 Å². The van der Waals surface area contributed by atoms with Crippen molar-refractivity contribution < 1.29 is 23.5 Å². The van der Waals surface area contributed by atoms with E-state index in [-0.39, 0.29) is 35.4 Å². The molecule has 212 valence electrons. The molecule has 1 aromatic heterocycles. The number of aromatic nitrogens is 3. The van der Waals surface area contributed by atoms with E-state index in [9.17, 15) is 18.8 Å². The average Bonchev–Trinajstić information content (AvgIpc) is 3.35. The van der Waals surface area contributed by atoms with Gasteiger partial charge in [0.15, 0.2) is 11.0 Å². The van der Waals surface area contributed by atoms with Gasteiger partial charge in [-0.1, -0.05) is 41.6 Å². The maximum atomic E-state index is 14.3. The molecule has 41 heavy (non-hydrogen) atoms. The molecule has 0 aliphatic rings. The first kappa shape index (κ1) is 29.8. The number of esters is 1. The second-order valence-corrected chi connectivity index (χ2v) is 10.2. The third-order valence-corrected chi connectivity index (χ3v) is 7.37. The minimum atomic E-state index is -0.733. The summed E-state index contributed by atoms with van der Waals surface area (Å²) in [6.07, 6.45) is 0. The van der Waals surface area contributed by atoms with Gasteiger partial charge >= 0.3 is 5.97 Å². The fourth-order valence-electron chi connectivity index (χ4n) is 3.92. The smallest absolute Gasteiger partial charge is 0.338 e. The van der Waals surface area contributed by atoms with E-state index >= 15 is 0 Å². The number of anilines is 1. The molecular weight excluding hydrogens is 569 g/mol. The van der Waals surface area contributed by atoms with Gasteiger partial charge in [0.25, 0.3) is 5.91 Å². The highest BCUT2D eigenvalue weighted by Gasteiger charge is 2.21. The summed E-state index contributed by atoms with van der Waals surface area (Å²) < 4.78 is 21.0. The molecule has 0 aliphatic heterocycles.